The van der Waals surface area contributed by atoms with Crippen LogP contribution in [0.15, 0.2) is 48.5 Å². The molecule has 1 atom stereocenters. The van der Waals surface area contributed by atoms with Crippen LogP contribution in [0.4, 0.5) is 4.79 Å². The normalized spacial score (nSPS) is 16.3. The van der Waals surface area contributed by atoms with Gasteiger partial charge in [-0.05, 0) is 41.8 Å². The van der Waals surface area contributed by atoms with Crippen molar-refractivity contribution in [2.75, 3.05) is 0 Å². The van der Waals surface area contributed by atoms with Crippen molar-refractivity contribution in [2.45, 2.75) is 12.3 Å². The van der Waals surface area contributed by atoms with Crippen molar-refractivity contribution in [3.63, 3.8) is 0 Å². The lowest BCUT2D eigenvalue weighted by Gasteiger charge is -2.28. The summed E-state index contributed by atoms with van der Waals surface area (Å²) >= 11 is 12.0. The van der Waals surface area contributed by atoms with Crippen molar-refractivity contribution < 1.29 is 14.4 Å². The highest BCUT2D eigenvalue weighted by atomic mass is 35.5. The predicted molar refractivity (Wildman–Crippen MR) is 94.5 cm³/mol. The van der Waals surface area contributed by atoms with E-state index >= 15 is 0 Å². The number of carbonyl (C=O) groups is 3. The van der Waals surface area contributed by atoms with Gasteiger partial charge in [-0.25, -0.2) is 4.79 Å². The fourth-order valence-corrected chi connectivity index (χ4v) is 3.29. The lowest BCUT2D eigenvalue weighted by atomic mass is 9.80. The van der Waals surface area contributed by atoms with Crippen molar-refractivity contribution in [1.82, 2.24) is 10.6 Å². The Kier molecular flexibility index (Phi) is 5.06. The van der Waals surface area contributed by atoms with Gasteiger partial charge in [-0.2, -0.15) is 0 Å². The van der Waals surface area contributed by atoms with Crippen LogP contribution in [0, 0.1) is 5.92 Å². The molecule has 0 saturated carbocycles. The van der Waals surface area contributed by atoms with E-state index in [4.69, 9.17) is 23.2 Å². The fraction of sp³-hybridized carbons (Fsp3) is 0.167. The predicted octanol–water partition coefficient (Wildman–Crippen LogP) is 3.30. The summed E-state index contributed by atoms with van der Waals surface area (Å²) in [5.74, 6) is -2.73. The SMILES string of the molecule is O=C1NC(=O)C(C(Cc2cccc(Cl)c2)c2ccc(Cl)cc2)C(=O)N1. The molecule has 0 aliphatic carbocycles. The number of barbiturate groups is 1. The summed E-state index contributed by atoms with van der Waals surface area (Å²) < 4.78 is 0. The summed E-state index contributed by atoms with van der Waals surface area (Å²) in [5, 5.41) is 5.44. The molecule has 4 amide bonds. The van der Waals surface area contributed by atoms with Crippen LogP contribution in [0.2, 0.25) is 10.0 Å². The zero-order valence-corrected chi connectivity index (χ0v) is 14.5. The second-order valence-electron chi connectivity index (χ2n) is 5.78. The number of nitrogens with one attached hydrogen (secondary N) is 2. The Bertz CT molecular complexity index is 816. The van der Waals surface area contributed by atoms with E-state index in [9.17, 15) is 14.4 Å². The molecule has 1 aliphatic rings. The van der Waals surface area contributed by atoms with Gasteiger partial charge in [0.05, 0.1) is 0 Å². The molecule has 2 aromatic rings. The Morgan fingerprint density at radius 2 is 1.52 bits per heavy atom. The van der Waals surface area contributed by atoms with E-state index < -0.39 is 29.7 Å². The van der Waals surface area contributed by atoms with E-state index in [-0.39, 0.29) is 0 Å². The van der Waals surface area contributed by atoms with Gasteiger partial charge in [0.25, 0.3) is 0 Å². The van der Waals surface area contributed by atoms with Crippen molar-refractivity contribution in [1.29, 1.82) is 0 Å². The Hall–Kier alpha value is -2.37. The highest BCUT2D eigenvalue weighted by Gasteiger charge is 2.40. The third-order valence-electron chi connectivity index (χ3n) is 4.08. The van der Waals surface area contributed by atoms with Gasteiger partial charge in [-0.3, -0.25) is 20.2 Å². The summed E-state index contributed by atoms with van der Waals surface area (Å²) in [6.07, 6.45) is 0.405. The Morgan fingerprint density at radius 1 is 0.880 bits per heavy atom. The smallest absolute Gasteiger partial charge is 0.277 e. The van der Waals surface area contributed by atoms with Crippen LogP contribution >= 0.6 is 23.2 Å². The van der Waals surface area contributed by atoms with Crippen LogP contribution in [-0.2, 0) is 16.0 Å². The molecule has 25 heavy (non-hydrogen) atoms. The van der Waals surface area contributed by atoms with Crippen LogP contribution in [-0.4, -0.2) is 17.8 Å². The molecule has 1 heterocycles. The summed E-state index contributed by atoms with van der Waals surface area (Å²) in [4.78, 5) is 36.0. The van der Waals surface area contributed by atoms with Gasteiger partial charge in [0.2, 0.25) is 11.8 Å². The molecule has 1 fully saturated rings. The Morgan fingerprint density at radius 3 is 2.12 bits per heavy atom. The number of carbonyl (C=O) groups excluding carboxylic acids is 3. The standard InChI is InChI=1S/C18H14Cl2N2O3/c19-12-6-4-11(5-7-12)14(9-10-2-1-3-13(20)8-10)15-16(23)21-18(25)22-17(15)24/h1-8,14-15H,9H2,(H2,21,22,23,24,25). The van der Waals surface area contributed by atoms with Gasteiger partial charge in [0.15, 0.2) is 0 Å². The summed E-state index contributed by atoms with van der Waals surface area (Å²) in [6.45, 7) is 0. The number of hydrogen-bond acceptors (Lipinski definition) is 3. The molecule has 7 heteroatoms. The molecular weight excluding hydrogens is 363 g/mol. The van der Waals surface area contributed by atoms with E-state index in [1.165, 1.54) is 0 Å². The minimum absolute atomic E-state index is 0.405. The van der Waals surface area contributed by atoms with Crippen LogP contribution in [0.25, 0.3) is 0 Å². The molecule has 0 spiro atoms. The number of halogens is 2. The molecule has 0 aromatic heterocycles. The first-order valence-corrected chi connectivity index (χ1v) is 8.35. The molecule has 1 aliphatic heterocycles. The maximum atomic E-state index is 12.3. The minimum atomic E-state index is -1.03. The van der Waals surface area contributed by atoms with Crippen molar-refractivity contribution >= 4 is 41.0 Å². The number of rotatable bonds is 4. The topological polar surface area (TPSA) is 75.3 Å². The molecule has 0 bridgehead atoms. The number of benzene rings is 2. The number of amides is 4. The van der Waals surface area contributed by atoms with Crippen molar-refractivity contribution in [3.05, 3.63) is 69.7 Å². The van der Waals surface area contributed by atoms with Gasteiger partial charge >= 0.3 is 6.03 Å². The van der Waals surface area contributed by atoms with E-state index in [1.54, 1.807) is 42.5 Å². The summed E-state index contributed by atoms with van der Waals surface area (Å²) in [7, 11) is 0. The quantitative estimate of drug-likeness (QED) is 0.803. The largest absolute Gasteiger partial charge is 0.328 e. The summed E-state index contributed by atoms with van der Waals surface area (Å²) in [6, 6.07) is 13.4. The third-order valence-corrected chi connectivity index (χ3v) is 4.57. The van der Waals surface area contributed by atoms with Crippen LogP contribution in [0.3, 0.4) is 0 Å². The fourth-order valence-electron chi connectivity index (χ4n) is 2.95. The lowest BCUT2D eigenvalue weighted by Crippen LogP contribution is -2.57. The Labute approximate surface area is 154 Å². The highest BCUT2D eigenvalue weighted by Crippen LogP contribution is 2.32. The second kappa shape index (κ2) is 7.25. The van der Waals surface area contributed by atoms with Gasteiger partial charge in [0, 0.05) is 16.0 Å². The van der Waals surface area contributed by atoms with Crippen molar-refractivity contribution in [3.8, 4) is 0 Å². The van der Waals surface area contributed by atoms with Gasteiger partial charge in [-0.15, -0.1) is 0 Å². The molecule has 1 unspecified atom stereocenters. The van der Waals surface area contributed by atoms with E-state index in [0.29, 0.717) is 16.5 Å². The summed E-state index contributed by atoms with van der Waals surface area (Å²) in [5.41, 5.74) is 1.65. The second-order valence-corrected chi connectivity index (χ2v) is 6.65. The van der Waals surface area contributed by atoms with Crippen LogP contribution in [0.1, 0.15) is 17.0 Å². The molecule has 128 valence electrons. The molecule has 2 aromatic carbocycles. The molecule has 2 N–H and O–H groups in total. The van der Waals surface area contributed by atoms with Crippen LogP contribution in [0.5, 0.6) is 0 Å². The maximum absolute atomic E-state index is 12.3. The van der Waals surface area contributed by atoms with Crippen LogP contribution < -0.4 is 10.6 Å². The molecule has 1 saturated heterocycles. The molecule has 5 nitrogen and oxygen atoms in total. The maximum Gasteiger partial charge on any atom is 0.328 e. The average molecular weight is 377 g/mol. The molecular formula is C18H14Cl2N2O3. The average Bonchev–Trinajstić information content (AvgIpc) is 2.54. The molecule has 0 radical (unpaired) electrons. The minimum Gasteiger partial charge on any atom is -0.277 e. The van der Waals surface area contributed by atoms with Gasteiger partial charge in [0.1, 0.15) is 5.92 Å². The van der Waals surface area contributed by atoms with Gasteiger partial charge < -0.3 is 0 Å². The van der Waals surface area contributed by atoms with E-state index in [0.717, 1.165) is 11.1 Å². The number of hydrogen-bond donors (Lipinski definition) is 2. The first-order valence-electron chi connectivity index (χ1n) is 7.59. The third kappa shape index (κ3) is 4.00. The first kappa shape index (κ1) is 17.5. The number of imide groups is 2. The highest BCUT2D eigenvalue weighted by molar-refractivity contribution is 6.30. The molecule has 3 rings (SSSR count). The number of urea groups is 1. The Balaban J connectivity index is 1.99. The van der Waals surface area contributed by atoms with Gasteiger partial charge in [-0.1, -0.05) is 47.5 Å². The van der Waals surface area contributed by atoms with E-state index in [1.807, 2.05) is 6.07 Å². The monoisotopic (exact) mass is 376 g/mol. The first-order chi connectivity index (χ1) is 11.9. The zero-order valence-electron chi connectivity index (χ0n) is 13.0. The van der Waals surface area contributed by atoms with E-state index in [2.05, 4.69) is 10.6 Å². The zero-order chi connectivity index (χ0) is 18.0. The van der Waals surface area contributed by atoms with Crippen molar-refractivity contribution in [2.24, 2.45) is 5.92 Å². The lowest BCUT2D eigenvalue weighted by molar-refractivity contribution is -0.136.